The van der Waals surface area contributed by atoms with Crippen molar-refractivity contribution in [3.63, 3.8) is 0 Å². The highest BCUT2D eigenvalue weighted by Crippen LogP contribution is 2.12. The lowest BCUT2D eigenvalue weighted by Crippen LogP contribution is -2.34. The van der Waals surface area contributed by atoms with E-state index in [1.165, 1.54) is 0 Å². The molecule has 0 aliphatic rings. The molecule has 2 N–H and O–H groups in total. The molecule has 0 aliphatic carbocycles. The summed E-state index contributed by atoms with van der Waals surface area (Å²) in [6.07, 6.45) is 0. The summed E-state index contributed by atoms with van der Waals surface area (Å²) < 4.78 is 5.70. The number of amides is 3. The first-order valence-electron chi connectivity index (χ1n) is 9.00. The van der Waals surface area contributed by atoms with Crippen molar-refractivity contribution in [1.82, 2.24) is 5.32 Å². The summed E-state index contributed by atoms with van der Waals surface area (Å²) in [7, 11) is 0. The minimum Gasteiger partial charge on any atom is -0.372 e. The van der Waals surface area contributed by atoms with Gasteiger partial charge in [-0.05, 0) is 41.8 Å². The molecule has 28 heavy (non-hydrogen) atoms. The molecule has 0 heterocycles. The van der Waals surface area contributed by atoms with Gasteiger partial charge in [-0.1, -0.05) is 60.7 Å². The van der Waals surface area contributed by atoms with E-state index in [-0.39, 0.29) is 0 Å². The van der Waals surface area contributed by atoms with Crippen LogP contribution in [0.25, 0.3) is 0 Å². The van der Waals surface area contributed by atoms with E-state index >= 15 is 0 Å². The first-order valence-corrected chi connectivity index (χ1v) is 9.00. The van der Waals surface area contributed by atoms with Crippen molar-refractivity contribution < 1.29 is 14.3 Å². The number of imide groups is 1. The fourth-order valence-electron chi connectivity index (χ4n) is 2.71. The third-order valence-electron chi connectivity index (χ3n) is 4.21. The summed E-state index contributed by atoms with van der Waals surface area (Å²) in [4.78, 5) is 24.2. The zero-order valence-electron chi connectivity index (χ0n) is 15.6. The molecule has 3 aromatic rings. The quantitative estimate of drug-likeness (QED) is 0.659. The van der Waals surface area contributed by atoms with Crippen molar-refractivity contribution in [2.24, 2.45) is 0 Å². The van der Waals surface area contributed by atoms with Crippen molar-refractivity contribution in [1.29, 1.82) is 0 Å². The molecule has 142 valence electrons. The Balaban J connectivity index is 1.47. The number of hydrogen-bond acceptors (Lipinski definition) is 3. The summed E-state index contributed by atoms with van der Waals surface area (Å²) in [5, 5.41) is 5.00. The van der Waals surface area contributed by atoms with Crippen LogP contribution < -0.4 is 10.6 Å². The largest absolute Gasteiger partial charge is 0.372 e. The van der Waals surface area contributed by atoms with Crippen molar-refractivity contribution in [3.05, 3.63) is 101 Å². The molecule has 0 atom stereocenters. The average molecular weight is 374 g/mol. The Labute approximate surface area is 164 Å². The van der Waals surface area contributed by atoms with Gasteiger partial charge in [0.15, 0.2) is 0 Å². The molecule has 0 unspecified atom stereocenters. The predicted molar refractivity (Wildman–Crippen MR) is 109 cm³/mol. The number of carbonyl (C=O) groups is 2. The molecule has 5 nitrogen and oxygen atoms in total. The summed E-state index contributed by atoms with van der Waals surface area (Å²) in [5.41, 5.74) is 4.01. The van der Waals surface area contributed by atoms with Crippen molar-refractivity contribution in [2.45, 2.75) is 20.1 Å². The lowest BCUT2D eigenvalue weighted by atomic mass is 10.1. The van der Waals surface area contributed by atoms with E-state index < -0.39 is 11.9 Å². The number of ether oxygens (including phenoxy) is 1. The maximum atomic E-state index is 12.2. The Morgan fingerprint density at radius 1 is 0.786 bits per heavy atom. The molecular formula is C23H22N2O3. The van der Waals surface area contributed by atoms with Crippen LogP contribution in [0.3, 0.4) is 0 Å². The minimum absolute atomic E-state index is 0.429. The standard InChI is InChI=1S/C23H22N2O3/c1-17-7-5-6-10-21(17)22(26)25-23(27)24-20-13-11-19(12-14-20)16-28-15-18-8-3-2-4-9-18/h2-14H,15-16H2,1H3,(H2,24,25,26,27). The number of urea groups is 1. The lowest BCUT2D eigenvalue weighted by Gasteiger charge is -2.09. The van der Waals surface area contributed by atoms with Crippen LogP contribution in [0.15, 0.2) is 78.9 Å². The van der Waals surface area contributed by atoms with Gasteiger partial charge in [0.25, 0.3) is 5.91 Å². The molecule has 0 spiro atoms. The second-order valence-electron chi connectivity index (χ2n) is 6.40. The van der Waals surface area contributed by atoms with E-state index in [0.717, 1.165) is 16.7 Å². The minimum atomic E-state index is -0.568. The zero-order valence-corrected chi connectivity index (χ0v) is 15.6. The van der Waals surface area contributed by atoms with Gasteiger partial charge in [0.1, 0.15) is 0 Å². The summed E-state index contributed by atoms with van der Waals surface area (Å²) >= 11 is 0. The average Bonchev–Trinajstić information content (AvgIpc) is 2.70. The molecule has 0 saturated heterocycles. The van der Waals surface area contributed by atoms with Gasteiger partial charge in [0, 0.05) is 11.3 Å². The fourth-order valence-corrected chi connectivity index (χ4v) is 2.71. The molecule has 0 radical (unpaired) electrons. The Kier molecular flexibility index (Phi) is 6.54. The van der Waals surface area contributed by atoms with Crippen LogP contribution in [0.1, 0.15) is 27.0 Å². The van der Waals surface area contributed by atoms with Crippen LogP contribution in [-0.4, -0.2) is 11.9 Å². The first kappa shape index (κ1) is 19.3. The highest BCUT2D eigenvalue weighted by molar-refractivity contribution is 6.08. The molecule has 3 aromatic carbocycles. The third kappa shape index (κ3) is 5.53. The van der Waals surface area contributed by atoms with E-state index in [9.17, 15) is 9.59 Å². The number of carbonyl (C=O) groups excluding carboxylic acids is 2. The molecule has 0 aliphatic heterocycles. The Hall–Kier alpha value is -3.44. The van der Waals surface area contributed by atoms with Gasteiger partial charge in [-0.2, -0.15) is 0 Å². The van der Waals surface area contributed by atoms with E-state index in [0.29, 0.717) is 24.5 Å². The summed E-state index contributed by atoms with van der Waals surface area (Å²) in [6.45, 7) is 2.85. The fraction of sp³-hybridized carbons (Fsp3) is 0.130. The molecule has 3 amide bonds. The van der Waals surface area contributed by atoms with E-state index in [4.69, 9.17) is 4.74 Å². The van der Waals surface area contributed by atoms with Crippen LogP contribution in [0.5, 0.6) is 0 Å². The Morgan fingerprint density at radius 2 is 1.39 bits per heavy atom. The van der Waals surface area contributed by atoms with Gasteiger partial charge in [-0.25, -0.2) is 4.79 Å². The lowest BCUT2D eigenvalue weighted by molar-refractivity contribution is 0.0966. The highest BCUT2D eigenvalue weighted by atomic mass is 16.5. The van der Waals surface area contributed by atoms with Gasteiger partial charge >= 0.3 is 6.03 Å². The number of nitrogens with one attached hydrogen (secondary N) is 2. The second kappa shape index (κ2) is 9.48. The third-order valence-corrected chi connectivity index (χ3v) is 4.21. The normalized spacial score (nSPS) is 10.3. The molecule has 0 fully saturated rings. The molecule has 3 rings (SSSR count). The van der Waals surface area contributed by atoms with Gasteiger partial charge in [-0.3, -0.25) is 10.1 Å². The maximum absolute atomic E-state index is 12.2. The SMILES string of the molecule is Cc1ccccc1C(=O)NC(=O)Nc1ccc(COCc2ccccc2)cc1. The first-order chi connectivity index (χ1) is 13.6. The van der Waals surface area contributed by atoms with Crippen LogP contribution in [-0.2, 0) is 18.0 Å². The van der Waals surface area contributed by atoms with Crippen LogP contribution >= 0.6 is 0 Å². The maximum Gasteiger partial charge on any atom is 0.326 e. The number of rotatable bonds is 6. The van der Waals surface area contributed by atoms with E-state index in [2.05, 4.69) is 10.6 Å². The van der Waals surface area contributed by atoms with Crippen molar-refractivity contribution in [2.75, 3.05) is 5.32 Å². The van der Waals surface area contributed by atoms with Gasteiger partial charge in [0.2, 0.25) is 0 Å². The van der Waals surface area contributed by atoms with Gasteiger partial charge in [-0.15, -0.1) is 0 Å². The highest BCUT2D eigenvalue weighted by Gasteiger charge is 2.12. The van der Waals surface area contributed by atoms with E-state index in [1.807, 2.05) is 61.5 Å². The smallest absolute Gasteiger partial charge is 0.326 e. The monoisotopic (exact) mass is 374 g/mol. The van der Waals surface area contributed by atoms with Crippen LogP contribution in [0.4, 0.5) is 10.5 Å². The number of benzene rings is 3. The van der Waals surface area contributed by atoms with Gasteiger partial charge in [0.05, 0.1) is 13.2 Å². The van der Waals surface area contributed by atoms with Crippen molar-refractivity contribution >= 4 is 17.6 Å². The van der Waals surface area contributed by atoms with Gasteiger partial charge < -0.3 is 10.1 Å². The number of aryl methyl sites for hydroxylation is 1. The Bertz CT molecular complexity index is 938. The van der Waals surface area contributed by atoms with Crippen LogP contribution in [0.2, 0.25) is 0 Å². The summed E-state index contributed by atoms with van der Waals surface area (Å²) in [5.74, 6) is -0.429. The van der Waals surface area contributed by atoms with Crippen LogP contribution in [0, 0.1) is 6.92 Å². The molecule has 5 heteroatoms. The zero-order chi connectivity index (χ0) is 19.8. The molecule has 0 bridgehead atoms. The molecule has 0 aromatic heterocycles. The second-order valence-corrected chi connectivity index (χ2v) is 6.40. The molecule has 0 saturated carbocycles. The predicted octanol–water partition coefficient (Wildman–Crippen LogP) is 4.67. The van der Waals surface area contributed by atoms with E-state index in [1.54, 1.807) is 24.3 Å². The molecular weight excluding hydrogens is 352 g/mol. The topological polar surface area (TPSA) is 67.4 Å². The van der Waals surface area contributed by atoms with Crippen molar-refractivity contribution in [3.8, 4) is 0 Å². The Morgan fingerprint density at radius 3 is 2.07 bits per heavy atom. The number of anilines is 1. The number of hydrogen-bond donors (Lipinski definition) is 2. The summed E-state index contributed by atoms with van der Waals surface area (Å²) in [6, 6.07) is 23.8.